The second-order valence-corrected chi connectivity index (χ2v) is 7.60. The summed E-state index contributed by atoms with van der Waals surface area (Å²) in [6, 6.07) is 6.83. The van der Waals surface area contributed by atoms with Gasteiger partial charge in [0.2, 0.25) is 10.0 Å². The minimum Gasteiger partial charge on any atom is -0.395 e. The van der Waals surface area contributed by atoms with Crippen molar-refractivity contribution in [2.24, 2.45) is 5.92 Å². The largest absolute Gasteiger partial charge is 0.395 e. The van der Waals surface area contributed by atoms with Crippen molar-refractivity contribution in [3.05, 3.63) is 29.8 Å². The molecule has 0 bridgehead atoms. The Labute approximate surface area is 127 Å². The van der Waals surface area contributed by atoms with Crippen molar-refractivity contribution < 1.29 is 13.5 Å². The maximum Gasteiger partial charge on any atom is 0.243 e. The number of benzene rings is 1. The fourth-order valence-corrected chi connectivity index (χ4v) is 4.50. The van der Waals surface area contributed by atoms with Crippen molar-refractivity contribution in [1.29, 1.82) is 0 Å². The number of sulfonamides is 1. The molecule has 118 valence electrons. The van der Waals surface area contributed by atoms with Gasteiger partial charge in [0.05, 0.1) is 17.5 Å². The molecule has 1 heterocycles. The maximum absolute atomic E-state index is 12.7. The van der Waals surface area contributed by atoms with Crippen LogP contribution in [-0.2, 0) is 10.0 Å². The van der Waals surface area contributed by atoms with Crippen LogP contribution >= 0.6 is 0 Å². The summed E-state index contributed by atoms with van der Waals surface area (Å²) in [6.45, 7) is 4.35. The van der Waals surface area contributed by atoms with Crippen LogP contribution in [0.4, 0.5) is 0 Å². The lowest BCUT2D eigenvalue weighted by molar-refractivity contribution is 0.191. The third-order valence-corrected chi connectivity index (χ3v) is 6.38. The first kappa shape index (κ1) is 16.4. The van der Waals surface area contributed by atoms with Crippen molar-refractivity contribution >= 4 is 10.0 Å². The molecule has 2 N–H and O–H groups in total. The zero-order valence-corrected chi connectivity index (χ0v) is 13.6. The molecule has 3 atom stereocenters. The van der Waals surface area contributed by atoms with E-state index in [1.807, 2.05) is 33.0 Å². The Bertz CT molecular complexity index is 571. The highest BCUT2D eigenvalue weighted by Crippen LogP contribution is 2.30. The number of aliphatic hydroxyl groups is 1. The van der Waals surface area contributed by atoms with Gasteiger partial charge in [0.15, 0.2) is 0 Å². The lowest BCUT2D eigenvalue weighted by Crippen LogP contribution is -2.39. The van der Waals surface area contributed by atoms with Crippen molar-refractivity contribution in [1.82, 2.24) is 9.62 Å². The van der Waals surface area contributed by atoms with E-state index >= 15 is 0 Å². The molecule has 2 rings (SSSR count). The Hall–Kier alpha value is -0.950. The number of hydrogen-bond acceptors (Lipinski definition) is 4. The molecular formula is C15H24N2O3S. The molecule has 1 fully saturated rings. The van der Waals surface area contributed by atoms with Crippen LogP contribution in [0.5, 0.6) is 0 Å². The minimum atomic E-state index is -3.53. The maximum atomic E-state index is 12.7. The van der Waals surface area contributed by atoms with Crippen LogP contribution < -0.4 is 5.32 Å². The predicted octanol–water partition coefficient (Wildman–Crippen LogP) is 1.36. The Kier molecular flexibility index (Phi) is 5.03. The van der Waals surface area contributed by atoms with E-state index in [1.165, 1.54) is 4.31 Å². The summed E-state index contributed by atoms with van der Waals surface area (Å²) in [5, 5.41) is 12.6. The first-order valence-electron chi connectivity index (χ1n) is 7.31. The van der Waals surface area contributed by atoms with E-state index in [4.69, 9.17) is 0 Å². The topological polar surface area (TPSA) is 69.6 Å². The standard InChI is InChI=1S/C15H24N2O3S/c1-11-8-9-17(15(11)10-18)21(19,20)14-6-4-13(5-7-14)12(2)16-3/h4-7,11-12,15-16,18H,8-10H2,1-3H3. The van der Waals surface area contributed by atoms with E-state index < -0.39 is 10.0 Å². The monoisotopic (exact) mass is 312 g/mol. The molecule has 0 aromatic heterocycles. The summed E-state index contributed by atoms with van der Waals surface area (Å²) in [5.41, 5.74) is 1.05. The van der Waals surface area contributed by atoms with Gasteiger partial charge >= 0.3 is 0 Å². The molecule has 0 amide bonds. The number of nitrogens with zero attached hydrogens (tertiary/aromatic N) is 1. The van der Waals surface area contributed by atoms with Gasteiger partial charge in [-0.3, -0.25) is 0 Å². The fraction of sp³-hybridized carbons (Fsp3) is 0.600. The molecule has 1 saturated heterocycles. The Morgan fingerprint density at radius 2 is 2.00 bits per heavy atom. The normalized spacial score (nSPS) is 25.1. The quantitative estimate of drug-likeness (QED) is 0.861. The summed E-state index contributed by atoms with van der Waals surface area (Å²) in [7, 11) is -1.66. The molecule has 3 unspecified atom stereocenters. The average molecular weight is 312 g/mol. The molecule has 5 nitrogen and oxygen atoms in total. The van der Waals surface area contributed by atoms with Crippen molar-refractivity contribution in [3.8, 4) is 0 Å². The molecule has 1 aromatic carbocycles. The Morgan fingerprint density at radius 1 is 1.38 bits per heavy atom. The number of hydrogen-bond donors (Lipinski definition) is 2. The van der Waals surface area contributed by atoms with E-state index in [1.54, 1.807) is 12.1 Å². The summed E-state index contributed by atoms with van der Waals surface area (Å²) < 4.78 is 26.8. The van der Waals surface area contributed by atoms with Crippen LogP contribution in [0.25, 0.3) is 0 Å². The Balaban J connectivity index is 2.27. The third-order valence-electron chi connectivity index (χ3n) is 4.44. The summed E-state index contributed by atoms with van der Waals surface area (Å²) >= 11 is 0. The van der Waals surface area contributed by atoms with Crippen LogP contribution in [0, 0.1) is 5.92 Å². The molecule has 0 saturated carbocycles. The third kappa shape index (κ3) is 3.13. The number of nitrogens with one attached hydrogen (secondary N) is 1. The van der Waals surface area contributed by atoms with Gasteiger partial charge in [0.1, 0.15) is 0 Å². The molecule has 0 aliphatic carbocycles. The molecule has 0 radical (unpaired) electrons. The molecule has 1 aromatic rings. The Morgan fingerprint density at radius 3 is 2.52 bits per heavy atom. The van der Waals surface area contributed by atoms with E-state index in [0.717, 1.165) is 12.0 Å². The molecular weight excluding hydrogens is 288 g/mol. The molecule has 1 aliphatic rings. The summed E-state index contributed by atoms with van der Waals surface area (Å²) in [5.74, 6) is 0.188. The van der Waals surface area contributed by atoms with Crippen LogP contribution in [0.1, 0.15) is 31.9 Å². The van der Waals surface area contributed by atoms with Crippen LogP contribution in [0.2, 0.25) is 0 Å². The summed E-state index contributed by atoms with van der Waals surface area (Å²) in [6.07, 6.45) is 0.791. The highest BCUT2D eigenvalue weighted by Gasteiger charge is 2.39. The predicted molar refractivity (Wildman–Crippen MR) is 82.5 cm³/mol. The van der Waals surface area contributed by atoms with E-state index in [-0.39, 0.29) is 24.6 Å². The van der Waals surface area contributed by atoms with Gasteiger partial charge in [-0.25, -0.2) is 8.42 Å². The average Bonchev–Trinajstić information content (AvgIpc) is 2.88. The zero-order valence-electron chi connectivity index (χ0n) is 12.8. The van der Waals surface area contributed by atoms with E-state index in [9.17, 15) is 13.5 Å². The first-order chi connectivity index (χ1) is 9.91. The van der Waals surface area contributed by atoms with Gasteiger partial charge in [-0.2, -0.15) is 4.31 Å². The SMILES string of the molecule is CNC(C)c1ccc(S(=O)(=O)N2CCC(C)C2CO)cc1. The highest BCUT2D eigenvalue weighted by atomic mass is 32.2. The smallest absolute Gasteiger partial charge is 0.243 e. The molecule has 6 heteroatoms. The lowest BCUT2D eigenvalue weighted by Gasteiger charge is -2.24. The van der Waals surface area contributed by atoms with Crippen LogP contribution in [-0.4, -0.2) is 44.1 Å². The van der Waals surface area contributed by atoms with Gasteiger partial charge in [0.25, 0.3) is 0 Å². The van der Waals surface area contributed by atoms with Gasteiger partial charge < -0.3 is 10.4 Å². The minimum absolute atomic E-state index is 0.130. The van der Waals surface area contributed by atoms with Crippen molar-refractivity contribution in [2.45, 2.75) is 37.2 Å². The fourth-order valence-electron chi connectivity index (χ4n) is 2.77. The van der Waals surface area contributed by atoms with Gasteiger partial charge in [0, 0.05) is 12.6 Å². The highest BCUT2D eigenvalue weighted by molar-refractivity contribution is 7.89. The first-order valence-corrected chi connectivity index (χ1v) is 8.75. The second kappa shape index (κ2) is 6.44. The van der Waals surface area contributed by atoms with Crippen molar-refractivity contribution in [2.75, 3.05) is 20.2 Å². The lowest BCUT2D eigenvalue weighted by atomic mass is 10.0. The van der Waals surface area contributed by atoms with E-state index in [0.29, 0.717) is 11.4 Å². The van der Waals surface area contributed by atoms with E-state index in [2.05, 4.69) is 5.32 Å². The van der Waals surface area contributed by atoms with Crippen molar-refractivity contribution in [3.63, 3.8) is 0 Å². The number of aliphatic hydroxyl groups excluding tert-OH is 1. The molecule has 21 heavy (non-hydrogen) atoms. The summed E-state index contributed by atoms with van der Waals surface area (Å²) in [4.78, 5) is 0.294. The van der Waals surface area contributed by atoms with Crippen LogP contribution in [0.3, 0.4) is 0 Å². The van der Waals surface area contributed by atoms with Gasteiger partial charge in [-0.1, -0.05) is 19.1 Å². The molecule has 0 spiro atoms. The van der Waals surface area contributed by atoms with Gasteiger partial charge in [-0.05, 0) is 44.0 Å². The second-order valence-electron chi connectivity index (χ2n) is 5.71. The van der Waals surface area contributed by atoms with Gasteiger partial charge in [-0.15, -0.1) is 0 Å². The van der Waals surface area contributed by atoms with Crippen LogP contribution in [0.15, 0.2) is 29.2 Å². The zero-order chi connectivity index (χ0) is 15.6. The molecule has 1 aliphatic heterocycles. The number of rotatable bonds is 5.